The first kappa shape index (κ1) is 16.2. The summed E-state index contributed by atoms with van der Waals surface area (Å²) in [7, 11) is 1.59. The maximum absolute atomic E-state index is 9.82. The molecule has 0 bridgehead atoms. The van der Waals surface area contributed by atoms with Crippen molar-refractivity contribution in [1.29, 1.82) is 0 Å². The molecule has 2 atom stereocenters. The van der Waals surface area contributed by atoms with E-state index in [9.17, 15) is 5.11 Å². The van der Waals surface area contributed by atoms with Crippen LogP contribution in [0, 0.1) is 0 Å². The maximum Gasteiger partial charge on any atom is 0.212 e. The summed E-state index contributed by atoms with van der Waals surface area (Å²) in [5.41, 5.74) is 1.04. The molecule has 0 radical (unpaired) electrons. The van der Waals surface area contributed by atoms with Gasteiger partial charge in [0.05, 0.1) is 32.5 Å². The summed E-state index contributed by atoms with van der Waals surface area (Å²) in [5.74, 6) is 0.598. The number of hydrogen-bond acceptors (Lipinski definition) is 6. The lowest BCUT2D eigenvalue weighted by Gasteiger charge is -2.14. The molecular formula is C15H24N2O4. The Kier molecular flexibility index (Phi) is 6.88. The topological polar surface area (TPSA) is 72.8 Å². The van der Waals surface area contributed by atoms with E-state index < -0.39 is 6.10 Å². The van der Waals surface area contributed by atoms with Crippen molar-refractivity contribution in [3.8, 4) is 5.88 Å². The fourth-order valence-electron chi connectivity index (χ4n) is 2.19. The molecule has 1 aromatic heterocycles. The molecule has 1 aliphatic rings. The zero-order valence-corrected chi connectivity index (χ0v) is 12.5. The molecule has 6 heteroatoms. The van der Waals surface area contributed by atoms with Crippen LogP contribution >= 0.6 is 0 Å². The Bertz CT molecular complexity index is 393. The Morgan fingerprint density at radius 2 is 2.43 bits per heavy atom. The third kappa shape index (κ3) is 5.97. The number of hydrogen-bond donors (Lipinski definition) is 2. The predicted octanol–water partition coefficient (Wildman–Crippen LogP) is 0.736. The minimum Gasteiger partial charge on any atom is -0.481 e. The molecule has 0 aromatic carbocycles. The molecule has 6 nitrogen and oxygen atoms in total. The van der Waals surface area contributed by atoms with Crippen LogP contribution in [0.4, 0.5) is 0 Å². The maximum atomic E-state index is 9.82. The van der Waals surface area contributed by atoms with Gasteiger partial charge in [-0.15, -0.1) is 0 Å². The molecule has 1 saturated heterocycles. The van der Waals surface area contributed by atoms with Crippen molar-refractivity contribution in [3.05, 3.63) is 23.9 Å². The number of ether oxygens (including phenoxy) is 3. The zero-order valence-electron chi connectivity index (χ0n) is 12.5. The first-order valence-electron chi connectivity index (χ1n) is 7.35. The first-order valence-corrected chi connectivity index (χ1v) is 7.35. The standard InChI is InChI=1S/C15H24N2O4/c1-19-15-5-4-12(8-17-15)7-16-9-13(18)10-20-11-14-3-2-6-21-14/h4-5,8,13-14,16,18H,2-3,6-7,9-11H2,1H3. The van der Waals surface area contributed by atoms with Crippen LogP contribution in [0.5, 0.6) is 5.88 Å². The highest BCUT2D eigenvalue weighted by Crippen LogP contribution is 2.12. The molecule has 0 saturated carbocycles. The van der Waals surface area contributed by atoms with E-state index in [0.717, 1.165) is 25.0 Å². The SMILES string of the molecule is COc1ccc(CNCC(O)COCC2CCCO2)cn1. The molecule has 2 unspecified atom stereocenters. The molecule has 1 aliphatic heterocycles. The van der Waals surface area contributed by atoms with Gasteiger partial charge in [0.2, 0.25) is 5.88 Å². The highest BCUT2D eigenvalue weighted by atomic mass is 16.5. The minimum absolute atomic E-state index is 0.204. The smallest absolute Gasteiger partial charge is 0.212 e. The number of rotatable bonds is 9. The summed E-state index contributed by atoms with van der Waals surface area (Å²) in [4.78, 5) is 4.13. The minimum atomic E-state index is -0.516. The van der Waals surface area contributed by atoms with Crippen molar-refractivity contribution < 1.29 is 19.3 Å². The van der Waals surface area contributed by atoms with E-state index >= 15 is 0 Å². The van der Waals surface area contributed by atoms with Gasteiger partial charge in [-0.05, 0) is 18.4 Å². The molecule has 0 spiro atoms. The molecule has 1 aromatic rings. The number of nitrogens with one attached hydrogen (secondary N) is 1. The summed E-state index contributed by atoms with van der Waals surface area (Å²) in [5, 5.41) is 13.0. The third-order valence-electron chi connectivity index (χ3n) is 3.35. The second-order valence-corrected chi connectivity index (χ2v) is 5.17. The predicted molar refractivity (Wildman–Crippen MR) is 78.3 cm³/mol. The van der Waals surface area contributed by atoms with Gasteiger partial charge in [-0.3, -0.25) is 0 Å². The monoisotopic (exact) mass is 296 g/mol. The van der Waals surface area contributed by atoms with Gasteiger partial charge in [0.1, 0.15) is 0 Å². The van der Waals surface area contributed by atoms with E-state index in [4.69, 9.17) is 14.2 Å². The van der Waals surface area contributed by atoms with Crippen molar-refractivity contribution in [2.45, 2.75) is 31.6 Å². The number of aromatic nitrogens is 1. The number of aliphatic hydroxyl groups excluding tert-OH is 1. The summed E-state index contributed by atoms with van der Waals surface area (Å²) in [6.45, 7) is 2.86. The lowest BCUT2D eigenvalue weighted by atomic mass is 10.2. The van der Waals surface area contributed by atoms with Crippen LogP contribution in [0.3, 0.4) is 0 Å². The molecule has 0 amide bonds. The lowest BCUT2D eigenvalue weighted by Crippen LogP contribution is -2.31. The fraction of sp³-hybridized carbons (Fsp3) is 0.667. The first-order chi connectivity index (χ1) is 10.3. The van der Waals surface area contributed by atoms with E-state index in [1.165, 1.54) is 0 Å². The number of methoxy groups -OCH3 is 1. The second kappa shape index (κ2) is 8.94. The molecule has 2 N–H and O–H groups in total. The quantitative estimate of drug-likeness (QED) is 0.700. The highest BCUT2D eigenvalue weighted by Gasteiger charge is 2.16. The summed E-state index contributed by atoms with van der Waals surface area (Å²) in [6.07, 6.45) is 3.60. The highest BCUT2D eigenvalue weighted by molar-refractivity contribution is 5.17. The van der Waals surface area contributed by atoms with Crippen LogP contribution in [0.25, 0.3) is 0 Å². The van der Waals surface area contributed by atoms with Crippen molar-refractivity contribution in [3.63, 3.8) is 0 Å². The number of pyridine rings is 1. The van der Waals surface area contributed by atoms with Gasteiger partial charge in [-0.2, -0.15) is 0 Å². The summed E-state index contributed by atoms with van der Waals surface area (Å²) < 4.78 is 15.9. The molecule has 0 aliphatic carbocycles. The molecular weight excluding hydrogens is 272 g/mol. The average molecular weight is 296 g/mol. The second-order valence-electron chi connectivity index (χ2n) is 5.17. The van der Waals surface area contributed by atoms with E-state index in [-0.39, 0.29) is 6.10 Å². The van der Waals surface area contributed by atoms with Gasteiger partial charge >= 0.3 is 0 Å². The van der Waals surface area contributed by atoms with Gasteiger partial charge < -0.3 is 24.6 Å². The van der Waals surface area contributed by atoms with E-state index in [0.29, 0.717) is 32.2 Å². The molecule has 21 heavy (non-hydrogen) atoms. The largest absolute Gasteiger partial charge is 0.481 e. The number of nitrogens with zero attached hydrogens (tertiary/aromatic N) is 1. The Morgan fingerprint density at radius 1 is 1.52 bits per heavy atom. The molecule has 1 fully saturated rings. The van der Waals surface area contributed by atoms with Gasteiger partial charge in [-0.1, -0.05) is 6.07 Å². The normalized spacial score (nSPS) is 19.6. The van der Waals surface area contributed by atoms with Gasteiger partial charge in [0.25, 0.3) is 0 Å². The molecule has 118 valence electrons. The summed E-state index contributed by atoms with van der Waals surface area (Å²) >= 11 is 0. The van der Waals surface area contributed by atoms with Crippen molar-refractivity contribution in [1.82, 2.24) is 10.3 Å². The van der Waals surface area contributed by atoms with Crippen LogP contribution in [-0.2, 0) is 16.0 Å². The van der Waals surface area contributed by atoms with Crippen molar-refractivity contribution in [2.75, 3.05) is 33.5 Å². The fourth-order valence-corrected chi connectivity index (χ4v) is 2.19. The third-order valence-corrected chi connectivity index (χ3v) is 3.35. The van der Waals surface area contributed by atoms with Gasteiger partial charge in [0, 0.05) is 32.0 Å². The van der Waals surface area contributed by atoms with Gasteiger partial charge in [0.15, 0.2) is 0 Å². The molecule has 2 rings (SSSR count). The van der Waals surface area contributed by atoms with E-state index in [1.807, 2.05) is 12.1 Å². The zero-order chi connectivity index (χ0) is 14.9. The van der Waals surface area contributed by atoms with Crippen molar-refractivity contribution in [2.24, 2.45) is 0 Å². The van der Waals surface area contributed by atoms with Crippen LogP contribution in [-0.4, -0.2) is 55.8 Å². The summed E-state index contributed by atoms with van der Waals surface area (Å²) in [6, 6.07) is 3.76. The van der Waals surface area contributed by atoms with Crippen molar-refractivity contribution >= 4 is 0 Å². The van der Waals surface area contributed by atoms with E-state index in [2.05, 4.69) is 10.3 Å². The van der Waals surface area contributed by atoms with Crippen LogP contribution in [0.2, 0.25) is 0 Å². The van der Waals surface area contributed by atoms with E-state index in [1.54, 1.807) is 13.3 Å². The lowest BCUT2D eigenvalue weighted by molar-refractivity contribution is -0.0164. The Hall–Kier alpha value is -1.21. The molecule has 2 heterocycles. The Morgan fingerprint density at radius 3 is 3.10 bits per heavy atom. The van der Waals surface area contributed by atoms with Gasteiger partial charge in [-0.25, -0.2) is 4.98 Å². The Balaban J connectivity index is 1.54. The van der Waals surface area contributed by atoms with Crippen LogP contribution < -0.4 is 10.1 Å². The number of aliphatic hydroxyl groups is 1. The van der Waals surface area contributed by atoms with Crippen LogP contribution in [0.1, 0.15) is 18.4 Å². The average Bonchev–Trinajstić information content (AvgIpc) is 3.01. The van der Waals surface area contributed by atoms with Crippen LogP contribution in [0.15, 0.2) is 18.3 Å². The Labute approximate surface area is 125 Å².